The van der Waals surface area contributed by atoms with Gasteiger partial charge in [0, 0.05) is 23.6 Å². The number of hydrogen-bond acceptors (Lipinski definition) is 5. The van der Waals surface area contributed by atoms with E-state index < -0.39 is 0 Å². The number of aliphatic imine (C=N–C) groups is 2. The van der Waals surface area contributed by atoms with Gasteiger partial charge in [-0.2, -0.15) is 0 Å². The molecule has 1 saturated carbocycles. The second kappa shape index (κ2) is 8.71. The first-order chi connectivity index (χ1) is 13.1. The van der Waals surface area contributed by atoms with Crippen molar-refractivity contribution in [3.63, 3.8) is 0 Å². The summed E-state index contributed by atoms with van der Waals surface area (Å²) in [5.41, 5.74) is 2.45. The topological polar surface area (TPSA) is 74.4 Å². The van der Waals surface area contributed by atoms with Crippen LogP contribution in [0.3, 0.4) is 0 Å². The molecule has 0 aromatic heterocycles. The van der Waals surface area contributed by atoms with Gasteiger partial charge in [-0.25, -0.2) is 0 Å². The molecule has 5 nitrogen and oxygen atoms in total. The molecule has 0 bridgehead atoms. The van der Waals surface area contributed by atoms with Gasteiger partial charge in [-0.1, -0.05) is 24.5 Å². The highest BCUT2D eigenvalue weighted by Crippen LogP contribution is 2.26. The van der Waals surface area contributed by atoms with Crippen LogP contribution in [0.4, 0.5) is 0 Å². The maximum absolute atomic E-state index is 10.0. The minimum atomic E-state index is 0.0625. The van der Waals surface area contributed by atoms with Crippen molar-refractivity contribution < 1.29 is 14.9 Å². The lowest BCUT2D eigenvalue weighted by molar-refractivity contribution is 0.390. The van der Waals surface area contributed by atoms with Gasteiger partial charge in [-0.05, 0) is 50.1 Å². The lowest BCUT2D eigenvalue weighted by Crippen LogP contribution is -2.27. The molecule has 1 fully saturated rings. The Morgan fingerprint density at radius 1 is 0.889 bits per heavy atom. The van der Waals surface area contributed by atoms with Gasteiger partial charge in [-0.15, -0.1) is 0 Å². The Hall–Kier alpha value is -2.82. The maximum Gasteiger partial charge on any atom is 0.124 e. The maximum atomic E-state index is 10.0. The number of hydrogen-bond donors (Lipinski definition) is 2. The number of phenolic OH excluding ortho intramolecular Hbond substituents is 2. The first-order valence-corrected chi connectivity index (χ1v) is 9.30. The fourth-order valence-corrected chi connectivity index (χ4v) is 3.33. The standard InChI is InChI=1S/C22H26N2O3/c1-15-7-9-21(25)16(11-15)13-23-19-5-3-4-6-20(19)24-14-17-12-18(27-2)8-10-22(17)26/h7-14,19-20,25-26H,3-6H2,1-2H3. The minimum Gasteiger partial charge on any atom is -0.507 e. The molecule has 0 spiro atoms. The van der Waals surface area contributed by atoms with Gasteiger partial charge in [0.25, 0.3) is 0 Å². The Morgan fingerprint density at radius 2 is 1.44 bits per heavy atom. The molecule has 142 valence electrons. The summed E-state index contributed by atoms with van der Waals surface area (Å²) >= 11 is 0. The second-order valence-corrected chi connectivity index (χ2v) is 6.96. The van der Waals surface area contributed by atoms with Gasteiger partial charge in [0.05, 0.1) is 19.2 Å². The number of phenols is 2. The van der Waals surface area contributed by atoms with Crippen LogP contribution in [0.25, 0.3) is 0 Å². The lowest BCUT2D eigenvalue weighted by atomic mass is 9.91. The molecule has 27 heavy (non-hydrogen) atoms. The van der Waals surface area contributed by atoms with Crippen LogP contribution in [0.5, 0.6) is 17.2 Å². The Bertz CT molecular complexity index is 845. The third-order valence-electron chi connectivity index (χ3n) is 4.92. The normalized spacial score (nSPS) is 20.4. The zero-order valence-electron chi connectivity index (χ0n) is 15.8. The van der Waals surface area contributed by atoms with Crippen molar-refractivity contribution >= 4 is 12.4 Å². The lowest BCUT2D eigenvalue weighted by Gasteiger charge is -2.25. The Morgan fingerprint density at radius 3 is 2.04 bits per heavy atom. The van der Waals surface area contributed by atoms with E-state index in [2.05, 4.69) is 0 Å². The first-order valence-electron chi connectivity index (χ1n) is 9.30. The Balaban J connectivity index is 1.77. The van der Waals surface area contributed by atoms with Crippen molar-refractivity contribution in [3.8, 4) is 17.2 Å². The third kappa shape index (κ3) is 4.88. The molecule has 3 rings (SSSR count). The Labute approximate surface area is 160 Å². The molecule has 1 aliphatic rings. The fourth-order valence-electron chi connectivity index (χ4n) is 3.33. The van der Waals surface area contributed by atoms with Crippen LogP contribution in [0.2, 0.25) is 0 Å². The highest BCUT2D eigenvalue weighted by molar-refractivity contribution is 5.85. The highest BCUT2D eigenvalue weighted by atomic mass is 16.5. The molecule has 0 saturated heterocycles. The van der Waals surface area contributed by atoms with Gasteiger partial charge >= 0.3 is 0 Å². The van der Waals surface area contributed by atoms with E-state index in [0.29, 0.717) is 11.3 Å². The molecule has 2 atom stereocenters. The first kappa shape index (κ1) is 19.0. The van der Waals surface area contributed by atoms with E-state index in [1.807, 2.05) is 19.1 Å². The van der Waals surface area contributed by atoms with E-state index >= 15 is 0 Å². The largest absolute Gasteiger partial charge is 0.507 e. The third-order valence-corrected chi connectivity index (χ3v) is 4.92. The molecule has 5 heteroatoms. The van der Waals surface area contributed by atoms with Crippen LogP contribution in [0.1, 0.15) is 42.4 Å². The number of aryl methyl sites for hydroxylation is 1. The van der Waals surface area contributed by atoms with E-state index in [9.17, 15) is 10.2 Å². The average molecular weight is 366 g/mol. The van der Waals surface area contributed by atoms with Crippen molar-refractivity contribution in [1.82, 2.24) is 0 Å². The van der Waals surface area contributed by atoms with Gasteiger partial charge in [0.2, 0.25) is 0 Å². The minimum absolute atomic E-state index is 0.0625. The summed E-state index contributed by atoms with van der Waals surface area (Å²) in [5.74, 6) is 1.10. The van der Waals surface area contributed by atoms with E-state index in [-0.39, 0.29) is 23.6 Å². The molecule has 0 heterocycles. The molecular weight excluding hydrogens is 340 g/mol. The smallest absolute Gasteiger partial charge is 0.124 e. The molecule has 2 N–H and O–H groups in total. The highest BCUT2D eigenvalue weighted by Gasteiger charge is 2.23. The van der Waals surface area contributed by atoms with Crippen LogP contribution < -0.4 is 4.74 Å². The van der Waals surface area contributed by atoms with Crippen molar-refractivity contribution in [3.05, 3.63) is 53.1 Å². The number of methoxy groups -OCH3 is 1. The molecule has 0 amide bonds. The van der Waals surface area contributed by atoms with Gasteiger partial charge in [0.15, 0.2) is 0 Å². The molecule has 2 aromatic rings. The Kier molecular flexibility index (Phi) is 6.12. The molecule has 0 aliphatic heterocycles. The second-order valence-electron chi connectivity index (χ2n) is 6.96. The van der Waals surface area contributed by atoms with Crippen molar-refractivity contribution in [2.45, 2.75) is 44.7 Å². The summed E-state index contributed by atoms with van der Waals surface area (Å²) < 4.78 is 5.21. The quantitative estimate of drug-likeness (QED) is 0.776. The number of ether oxygens (including phenoxy) is 1. The van der Waals surface area contributed by atoms with E-state index in [0.717, 1.165) is 36.8 Å². The predicted molar refractivity (Wildman–Crippen MR) is 109 cm³/mol. The summed E-state index contributed by atoms with van der Waals surface area (Å²) in [4.78, 5) is 9.43. The molecule has 2 aromatic carbocycles. The van der Waals surface area contributed by atoms with Gasteiger partial charge in [0.1, 0.15) is 17.2 Å². The van der Waals surface area contributed by atoms with Crippen molar-refractivity contribution in [2.24, 2.45) is 9.98 Å². The van der Waals surface area contributed by atoms with Crippen LogP contribution in [0, 0.1) is 6.92 Å². The summed E-state index contributed by atoms with van der Waals surface area (Å²) in [6.45, 7) is 1.99. The van der Waals surface area contributed by atoms with Crippen molar-refractivity contribution in [2.75, 3.05) is 7.11 Å². The van der Waals surface area contributed by atoms with Crippen LogP contribution in [-0.2, 0) is 0 Å². The van der Waals surface area contributed by atoms with E-state index in [4.69, 9.17) is 14.7 Å². The van der Waals surface area contributed by atoms with Gasteiger partial charge in [-0.3, -0.25) is 9.98 Å². The van der Waals surface area contributed by atoms with Crippen LogP contribution in [-0.4, -0.2) is 41.8 Å². The molecular formula is C22H26N2O3. The molecule has 2 unspecified atom stereocenters. The zero-order chi connectivity index (χ0) is 19.2. The average Bonchev–Trinajstić information content (AvgIpc) is 2.68. The van der Waals surface area contributed by atoms with Crippen LogP contribution >= 0.6 is 0 Å². The monoisotopic (exact) mass is 366 g/mol. The van der Waals surface area contributed by atoms with Crippen molar-refractivity contribution in [1.29, 1.82) is 0 Å². The molecule has 0 radical (unpaired) electrons. The summed E-state index contributed by atoms with van der Waals surface area (Å²) in [6, 6.07) is 10.7. The SMILES string of the molecule is COc1ccc(O)c(C=NC2CCCCC2N=Cc2cc(C)ccc2O)c1. The zero-order valence-corrected chi connectivity index (χ0v) is 15.8. The predicted octanol–water partition coefficient (Wildman–Crippen LogP) is 4.26. The number of aromatic hydroxyl groups is 2. The fraction of sp³-hybridized carbons (Fsp3) is 0.364. The number of nitrogens with zero attached hydrogens (tertiary/aromatic N) is 2. The van der Waals surface area contributed by atoms with E-state index in [1.54, 1.807) is 43.8 Å². The summed E-state index contributed by atoms with van der Waals surface area (Å²) in [7, 11) is 1.60. The van der Waals surface area contributed by atoms with E-state index in [1.165, 1.54) is 0 Å². The number of benzene rings is 2. The van der Waals surface area contributed by atoms with Crippen LogP contribution in [0.15, 0.2) is 46.4 Å². The summed E-state index contributed by atoms with van der Waals surface area (Å²) in [5, 5.41) is 20.0. The summed E-state index contributed by atoms with van der Waals surface area (Å²) in [6.07, 6.45) is 7.63. The number of rotatable bonds is 5. The van der Waals surface area contributed by atoms with Gasteiger partial charge < -0.3 is 14.9 Å². The molecule has 1 aliphatic carbocycles.